The van der Waals surface area contributed by atoms with Gasteiger partial charge in [0.15, 0.2) is 0 Å². The number of aliphatic hydroxyl groups excluding tert-OH is 1. The Labute approximate surface area is 244 Å². The molecule has 0 saturated heterocycles. The molecule has 0 bridgehead atoms. The van der Waals surface area contributed by atoms with Crippen molar-refractivity contribution in [1.82, 2.24) is 4.90 Å². The summed E-state index contributed by atoms with van der Waals surface area (Å²) in [7, 11) is 1.66. The number of ether oxygens (including phenoxy) is 2. The van der Waals surface area contributed by atoms with E-state index in [4.69, 9.17) is 9.47 Å². The van der Waals surface area contributed by atoms with Gasteiger partial charge < -0.3 is 24.6 Å². The Morgan fingerprint density at radius 1 is 1.00 bits per heavy atom. The number of benzene rings is 2. The summed E-state index contributed by atoms with van der Waals surface area (Å²) in [6.45, 7) is 5.89. The molecule has 0 radical (unpaired) electrons. The van der Waals surface area contributed by atoms with Crippen LogP contribution in [-0.4, -0.2) is 59.7 Å². The SMILES string of the molecule is COCCCN(CC1(O)CCC2C3=CC=C4CC(O)CCC4(C)C3CCC21C)C(=O)Oc1ccc2ccccc2c1. The number of fused-ring (bicyclic) bond motifs is 6. The molecular weight excluding hydrogens is 514 g/mol. The second-order valence-corrected chi connectivity index (χ2v) is 13.4. The van der Waals surface area contributed by atoms with Crippen molar-refractivity contribution < 1.29 is 24.5 Å². The molecule has 1 amide bonds. The molecular formula is C35H45NO5. The maximum absolute atomic E-state index is 13.6. The highest BCUT2D eigenvalue weighted by molar-refractivity contribution is 5.84. The molecule has 2 aromatic carbocycles. The van der Waals surface area contributed by atoms with Gasteiger partial charge in [-0.05, 0) is 91.5 Å². The Bertz CT molecular complexity index is 1370. The predicted molar refractivity (Wildman–Crippen MR) is 161 cm³/mol. The Balaban J connectivity index is 1.23. The number of carbonyl (C=O) groups excluding carboxylic acids is 1. The first kappa shape index (κ1) is 28.4. The van der Waals surface area contributed by atoms with Gasteiger partial charge in [-0.1, -0.05) is 67.5 Å². The van der Waals surface area contributed by atoms with Crippen molar-refractivity contribution in [3.63, 3.8) is 0 Å². The molecule has 0 spiro atoms. The number of nitrogens with zero attached hydrogens (tertiary/aromatic N) is 1. The van der Waals surface area contributed by atoms with Gasteiger partial charge in [-0.3, -0.25) is 0 Å². The van der Waals surface area contributed by atoms with Crippen molar-refractivity contribution >= 4 is 16.9 Å². The highest BCUT2D eigenvalue weighted by Gasteiger charge is 2.62. The van der Waals surface area contributed by atoms with Crippen LogP contribution < -0.4 is 4.74 Å². The molecule has 4 aliphatic carbocycles. The van der Waals surface area contributed by atoms with Crippen LogP contribution in [0, 0.1) is 22.7 Å². The van der Waals surface area contributed by atoms with E-state index < -0.39 is 11.7 Å². The summed E-state index contributed by atoms with van der Waals surface area (Å²) in [5.41, 5.74) is 1.63. The topological polar surface area (TPSA) is 79.2 Å². The molecule has 0 heterocycles. The molecule has 6 rings (SSSR count). The maximum Gasteiger partial charge on any atom is 0.415 e. The lowest BCUT2D eigenvalue weighted by Crippen LogP contribution is -2.57. The lowest BCUT2D eigenvalue weighted by Gasteiger charge is -2.56. The summed E-state index contributed by atoms with van der Waals surface area (Å²) in [5.74, 6) is 1.26. The molecule has 6 unspecified atom stereocenters. The van der Waals surface area contributed by atoms with E-state index in [1.54, 1.807) is 12.0 Å². The second kappa shape index (κ2) is 10.9. The average molecular weight is 560 g/mol. The molecule has 3 fully saturated rings. The van der Waals surface area contributed by atoms with Crippen molar-refractivity contribution in [2.24, 2.45) is 22.7 Å². The van der Waals surface area contributed by atoms with Crippen LogP contribution in [0.3, 0.4) is 0 Å². The van der Waals surface area contributed by atoms with Gasteiger partial charge >= 0.3 is 6.09 Å². The van der Waals surface area contributed by atoms with Crippen LogP contribution in [0.15, 0.2) is 65.8 Å². The minimum atomic E-state index is -1.01. The van der Waals surface area contributed by atoms with Crippen LogP contribution in [0.1, 0.15) is 65.2 Å². The van der Waals surface area contributed by atoms with Crippen LogP contribution in [-0.2, 0) is 4.74 Å². The third-order valence-electron chi connectivity index (χ3n) is 11.3. The minimum absolute atomic E-state index is 0.0984. The first-order chi connectivity index (χ1) is 19.7. The van der Waals surface area contributed by atoms with E-state index in [1.165, 1.54) is 11.1 Å². The molecule has 0 aliphatic heterocycles. The molecule has 220 valence electrons. The van der Waals surface area contributed by atoms with Crippen LogP contribution in [0.2, 0.25) is 0 Å². The van der Waals surface area contributed by atoms with Crippen molar-refractivity contribution in [2.75, 3.05) is 26.8 Å². The van der Waals surface area contributed by atoms with Gasteiger partial charge in [-0.15, -0.1) is 0 Å². The van der Waals surface area contributed by atoms with Crippen LogP contribution in [0.5, 0.6) is 5.75 Å². The first-order valence-electron chi connectivity index (χ1n) is 15.4. The average Bonchev–Trinajstić information content (AvgIpc) is 3.23. The molecule has 3 saturated carbocycles. The van der Waals surface area contributed by atoms with Gasteiger partial charge in [0.05, 0.1) is 18.2 Å². The minimum Gasteiger partial charge on any atom is -0.410 e. The molecule has 0 aromatic heterocycles. The zero-order valence-corrected chi connectivity index (χ0v) is 24.8. The van der Waals surface area contributed by atoms with Crippen molar-refractivity contribution in [2.45, 2.75) is 76.9 Å². The van der Waals surface area contributed by atoms with E-state index in [0.29, 0.717) is 37.7 Å². The zero-order chi connectivity index (χ0) is 28.8. The normalized spacial score (nSPS) is 34.2. The fourth-order valence-corrected chi connectivity index (χ4v) is 8.70. The number of amides is 1. The highest BCUT2D eigenvalue weighted by Crippen LogP contribution is 2.66. The summed E-state index contributed by atoms with van der Waals surface area (Å²) in [6.07, 6.45) is 10.8. The predicted octanol–water partition coefficient (Wildman–Crippen LogP) is 6.65. The van der Waals surface area contributed by atoms with Crippen LogP contribution >= 0.6 is 0 Å². The molecule has 4 aliphatic rings. The van der Waals surface area contributed by atoms with E-state index in [2.05, 4.69) is 26.0 Å². The summed E-state index contributed by atoms with van der Waals surface area (Å²) < 4.78 is 11.2. The molecule has 6 atom stereocenters. The van der Waals surface area contributed by atoms with Crippen LogP contribution in [0.25, 0.3) is 10.8 Å². The smallest absolute Gasteiger partial charge is 0.410 e. The number of hydrogen-bond acceptors (Lipinski definition) is 5. The first-order valence-corrected chi connectivity index (χ1v) is 15.4. The van der Waals surface area contributed by atoms with Crippen molar-refractivity contribution in [3.8, 4) is 5.75 Å². The Hall–Kier alpha value is -2.67. The maximum atomic E-state index is 13.6. The van der Waals surface area contributed by atoms with E-state index >= 15 is 0 Å². The molecule has 6 heteroatoms. The monoisotopic (exact) mass is 559 g/mol. The highest BCUT2D eigenvalue weighted by atomic mass is 16.6. The zero-order valence-electron chi connectivity index (χ0n) is 24.8. The Morgan fingerprint density at radius 2 is 1.78 bits per heavy atom. The van der Waals surface area contributed by atoms with Gasteiger partial charge in [-0.25, -0.2) is 4.79 Å². The van der Waals surface area contributed by atoms with Crippen molar-refractivity contribution in [1.29, 1.82) is 0 Å². The van der Waals surface area contributed by atoms with Gasteiger partial charge in [0.1, 0.15) is 5.75 Å². The van der Waals surface area contributed by atoms with Gasteiger partial charge in [0.25, 0.3) is 0 Å². The second-order valence-electron chi connectivity index (χ2n) is 13.4. The Morgan fingerprint density at radius 3 is 2.59 bits per heavy atom. The lowest BCUT2D eigenvalue weighted by atomic mass is 9.50. The lowest BCUT2D eigenvalue weighted by molar-refractivity contribution is -0.0983. The standard InChI is InChI=1S/C35H45NO5/c1-33-16-13-27(37)22-26(33)10-12-29-30(33)14-17-34(2)31(29)15-18-35(34,39)23-36(19-6-20-40-3)32(38)41-28-11-9-24-7-4-5-8-25(24)21-28/h4-5,7-12,21,27,30-31,37,39H,6,13-20,22-23H2,1-3H3. The van der Waals surface area contributed by atoms with E-state index in [0.717, 1.165) is 49.3 Å². The summed E-state index contributed by atoms with van der Waals surface area (Å²) in [4.78, 5) is 15.3. The van der Waals surface area contributed by atoms with Gasteiger partial charge in [0.2, 0.25) is 0 Å². The molecule has 6 nitrogen and oxygen atoms in total. The number of aliphatic hydroxyl groups is 2. The van der Waals surface area contributed by atoms with E-state index in [-0.39, 0.29) is 29.4 Å². The van der Waals surface area contributed by atoms with Gasteiger partial charge in [0, 0.05) is 25.7 Å². The number of carbonyl (C=O) groups is 1. The van der Waals surface area contributed by atoms with Crippen LogP contribution in [0.4, 0.5) is 4.79 Å². The largest absolute Gasteiger partial charge is 0.415 e. The molecule has 41 heavy (non-hydrogen) atoms. The molecule has 2 aromatic rings. The quantitative estimate of drug-likeness (QED) is 0.371. The summed E-state index contributed by atoms with van der Waals surface area (Å²) >= 11 is 0. The van der Waals surface area contributed by atoms with Gasteiger partial charge in [-0.2, -0.15) is 0 Å². The third-order valence-corrected chi connectivity index (χ3v) is 11.3. The van der Waals surface area contributed by atoms with E-state index in [1.807, 2.05) is 42.5 Å². The van der Waals surface area contributed by atoms with E-state index in [9.17, 15) is 15.0 Å². The fraction of sp³-hybridized carbons (Fsp3) is 0.571. The summed E-state index contributed by atoms with van der Waals surface area (Å²) in [5, 5.41) is 24.8. The number of methoxy groups -OCH3 is 1. The fourth-order valence-electron chi connectivity index (χ4n) is 8.70. The number of allylic oxidation sites excluding steroid dienone is 3. The van der Waals surface area contributed by atoms with Crippen molar-refractivity contribution in [3.05, 3.63) is 65.8 Å². The summed E-state index contributed by atoms with van der Waals surface area (Å²) in [6, 6.07) is 13.7. The molecule has 2 N–H and O–H groups in total. The Kier molecular flexibility index (Phi) is 7.54. The number of hydrogen-bond donors (Lipinski definition) is 2. The third kappa shape index (κ3) is 4.92. The number of rotatable bonds is 7.